The van der Waals surface area contributed by atoms with Crippen LogP contribution in [0.4, 0.5) is 5.69 Å². The van der Waals surface area contributed by atoms with Crippen LogP contribution in [0.25, 0.3) is 0 Å². The third-order valence-electron chi connectivity index (χ3n) is 2.82. The van der Waals surface area contributed by atoms with Crippen molar-refractivity contribution < 1.29 is 14.3 Å². The van der Waals surface area contributed by atoms with E-state index in [9.17, 15) is 4.79 Å². The molecule has 110 valence electrons. The summed E-state index contributed by atoms with van der Waals surface area (Å²) in [6, 6.07) is 13.0. The largest absolute Gasteiger partial charge is 0.495 e. The SMILES string of the molecule is COc1ccc(C)cc1NC(=O)COc1ccccc1Br. The lowest BCUT2D eigenvalue weighted by Crippen LogP contribution is -2.20. The van der Waals surface area contributed by atoms with E-state index >= 15 is 0 Å². The summed E-state index contributed by atoms with van der Waals surface area (Å²) in [4.78, 5) is 12.0. The van der Waals surface area contributed by atoms with Crippen LogP contribution in [0.15, 0.2) is 46.9 Å². The molecule has 0 saturated heterocycles. The van der Waals surface area contributed by atoms with Gasteiger partial charge in [0.2, 0.25) is 0 Å². The number of halogens is 1. The van der Waals surface area contributed by atoms with Gasteiger partial charge in [0.1, 0.15) is 11.5 Å². The van der Waals surface area contributed by atoms with Crippen LogP contribution < -0.4 is 14.8 Å². The predicted molar refractivity (Wildman–Crippen MR) is 86.0 cm³/mol. The lowest BCUT2D eigenvalue weighted by Gasteiger charge is -2.12. The Kier molecular flexibility index (Phi) is 5.22. The van der Waals surface area contributed by atoms with E-state index in [0.717, 1.165) is 10.0 Å². The minimum atomic E-state index is -0.241. The minimum Gasteiger partial charge on any atom is -0.495 e. The summed E-state index contributed by atoms with van der Waals surface area (Å²) in [7, 11) is 1.57. The van der Waals surface area contributed by atoms with Crippen LogP contribution in [0.5, 0.6) is 11.5 Å². The molecule has 0 spiro atoms. The second-order valence-corrected chi connectivity index (χ2v) is 5.33. The van der Waals surface area contributed by atoms with E-state index in [0.29, 0.717) is 17.2 Å². The number of rotatable bonds is 5. The van der Waals surface area contributed by atoms with Gasteiger partial charge in [-0.3, -0.25) is 4.79 Å². The quantitative estimate of drug-likeness (QED) is 0.893. The summed E-state index contributed by atoms with van der Waals surface area (Å²) < 4.78 is 11.5. The number of ether oxygens (including phenoxy) is 2. The molecule has 0 unspecified atom stereocenters. The summed E-state index contributed by atoms with van der Waals surface area (Å²) in [6.45, 7) is 1.88. The maximum atomic E-state index is 12.0. The van der Waals surface area contributed by atoms with Crippen molar-refractivity contribution in [3.8, 4) is 11.5 Å². The molecule has 0 aliphatic rings. The van der Waals surface area contributed by atoms with Crippen molar-refractivity contribution in [2.75, 3.05) is 19.0 Å². The molecule has 0 heterocycles. The van der Waals surface area contributed by atoms with Gasteiger partial charge in [0, 0.05) is 0 Å². The van der Waals surface area contributed by atoms with E-state index in [1.807, 2.05) is 43.3 Å². The number of benzene rings is 2. The van der Waals surface area contributed by atoms with E-state index in [4.69, 9.17) is 9.47 Å². The fourth-order valence-electron chi connectivity index (χ4n) is 1.81. The smallest absolute Gasteiger partial charge is 0.262 e. The molecule has 2 aromatic carbocycles. The Morgan fingerprint density at radius 2 is 1.95 bits per heavy atom. The van der Waals surface area contributed by atoms with Crippen molar-refractivity contribution in [1.29, 1.82) is 0 Å². The second kappa shape index (κ2) is 7.13. The van der Waals surface area contributed by atoms with Crippen molar-refractivity contribution >= 4 is 27.5 Å². The van der Waals surface area contributed by atoms with Gasteiger partial charge in [-0.25, -0.2) is 0 Å². The zero-order valence-electron chi connectivity index (χ0n) is 11.9. The van der Waals surface area contributed by atoms with E-state index < -0.39 is 0 Å². The Hall–Kier alpha value is -2.01. The number of aryl methyl sites for hydroxylation is 1. The Bertz CT molecular complexity index is 643. The van der Waals surface area contributed by atoms with E-state index in [1.54, 1.807) is 13.2 Å². The molecule has 4 nitrogen and oxygen atoms in total. The molecule has 0 fully saturated rings. The second-order valence-electron chi connectivity index (χ2n) is 4.47. The van der Waals surface area contributed by atoms with Crippen LogP contribution >= 0.6 is 15.9 Å². The highest BCUT2D eigenvalue weighted by Crippen LogP contribution is 2.26. The van der Waals surface area contributed by atoms with E-state index in [-0.39, 0.29) is 12.5 Å². The number of para-hydroxylation sites is 1. The van der Waals surface area contributed by atoms with Crippen molar-refractivity contribution in [3.63, 3.8) is 0 Å². The average molecular weight is 350 g/mol. The number of hydrogen-bond acceptors (Lipinski definition) is 3. The number of anilines is 1. The Morgan fingerprint density at radius 1 is 1.19 bits per heavy atom. The maximum absolute atomic E-state index is 12.0. The van der Waals surface area contributed by atoms with Gasteiger partial charge in [0.25, 0.3) is 5.91 Å². The van der Waals surface area contributed by atoms with E-state index in [1.165, 1.54) is 0 Å². The molecule has 1 amide bonds. The van der Waals surface area contributed by atoms with Gasteiger partial charge >= 0.3 is 0 Å². The Morgan fingerprint density at radius 3 is 2.67 bits per heavy atom. The molecule has 0 aromatic heterocycles. The van der Waals surface area contributed by atoms with Gasteiger partial charge in [0.05, 0.1) is 17.3 Å². The molecule has 5 heteroatoms. The highest BCUT2D eigenvalue weighted by atomic mass is 79.9. The van der Waals surface area contributed by atoms with Gasteiger partial charge in [-0.1, -0.05) is 18.2 Å². The molecule has 0 bridgehead atoms. The molecular formula is C16H16BrNO3. The van der Waals surface area contributed by atoms with Gasteiger partial charge in [-0.05, 0) is 52.7 Å². The van der Waals surface area contributed by atoms with Gasteiger partial charge in [-0.2, -0.15) is 0 Å². The highest BCUT2D eigenvalue weighted by Gasteiger charge is 2.09. The zero-order valence-corrected chi connectivity index (χ0v) is 13.4. The summed E-state index contributed by atoms with van der Waals surface area (Å²) in [5, 5.41) is 2.79. The van der Waals surface area contributed by atoms with Gasteiger partial charge in [0.15, 0.2) is 6.61 Å². The third-order valence-corrected chi connectivity index (χ3v) is 3.48. The molecule has 1 N–H and O–H groups in total. The number of carbonyl (C=O) groups is 1. The lowest BCUT2D eigenvalue weighted by molar-refractivity contribution is -0.118. The van der Waals surface area contributed by atoms with Crippen LogP contribution in [0.3, 0.4) is 0 Å². The highest BCUT2D eigenvalue weighted by molar-refractivity contribution is 9.10. The molecule has 0 atom stereocenters. The number of nitrogens with one attached hydrogen (secondary N) is 1. The summed E-state index contributed by atoms with van der Waals surface area (Å²) in [5.41, 5.74) is 1.68. The van der Waals surface area contributed by atoms with Gasteiger partial charge < -0.3 is 14.8 Å². The van der Waals surface area contributed by atoms with Gasteiger partial charge in [-0.15, -0.1) is 0 Å². The summed E-state index contributed by atoms with van der Waals surface area (Å²) in [6.07, 6.45) is 0. The molecule has 0 saturated carbocycles. The molecular weight excluding hydrogens is 334 g/mol. The molecule has 2 rings (SSSR count). The summed E-state index contributed by atoms with van der Waals surface area (Å²) >= 11 is 3.37. The zero-order chi connectivity index (χ0) is 15.2. The molecule has 0 radical (unpaired) electrons. The molecule has 2 aromatic rings. The Balaban J connectivity index is 1.99. The number of hydrogen-bond donors (Lipinski definition) is 1. The first-order chi connectivity index (χ1) is 10.1. The minimum absolute atomic E-state index is 0.0697. The predicted octanol–water partition coefficient (Wildman–Crippen LogP) is 3.78. The standard InChI is InChI=1S/C16H16BrNO3/c1-11-7-8-15(20-2)13(9-11)18-16(19)10-21-14-6-4-3-5-12(14)17/h3-9H,10H2,1-2H3,(H,18,19). The first-order valence-electron chi connectivity index (χ1n) is 6.42. The number of methoxy groups -OCH3 is 1. The Labute approximate surface area is 132 Å². The summed E-state index contributed by atoms with van der Waals surface area (Å²) in [5.74, 6) is 1.01. The fraction of sp³-hybridized carbons (Fsp3) is 0.188. The van der Waals surface area contributed by atoms with Crippen molar-refractivity contribution in [2.45, 2.75) is 6.92 Å². The number of amides is 1. The third kappa shape index (κ3) is 4.23. The number of carbonyl (C=O) groups excluding carboxylic acids is 1. The van der Waals surface area contributed by atoms with Crippen LogP contribution in [0.1, 0.15) is 5.56 Å². The first-order valence-corrected chi connectivity index (χ1v) is 7.21. The topological polar surface area (TPSA) is 47.6 Å². The van der Waals surface area contributed by atoms with Crippen LogP contribution in [0, 0.1) is 6.92 Å². The van der Waals surface area contributed by atoms with Crippen LogP contribution in [0.2, 0.25) is 0 Å². The first kappa shape index (κ1) is 15.4. The van der Waals surface area contributed by atoms with Crippen LogP contribution in [-0.4, -0.2) is 19.6 Å². The van der Waals surface area contributed by atoms with Crippen molar-refractivity contribution in [1.82, 2.24) is 0 Å². The molecule has 21 heavy (non-hydrogen) atoms. The van der Waals surface area contributed by atoms with E-state index in [2.05, 4.69) is 21.2 Å². The maximum Gasteiger partial charge on any atom is 0.262 e. The van der Waals surface area contributed by atoms with Crippen molar-refractivity contribution in [2.24, 2.45) is 0 Å². The fourth-order valence-corrected chi connectivity index (χ4v) is 2.21. The normalized spacial score (nSPS) is 10.0. The monoisotopic (exact) mass is 349 g/mol. The van der Waals surface area contributed by atoms with Crippen LogP contribution in [-0.2, 0) is 4.79 Å². The molecule has 0 aliphatic heterocycles. The lowest BCUT2D eigenvalue weighted by atomic mass is 10.2. The average Bonchev–Trinajstić information content (AvgIpc) is 2.47. The molecule has 0 aliphatic carbocycles. The van der Waals surface area contributed by atoms with Crippen molar-refractivity contribution in [3.05, 3.63) is 52.5 Å².